The first-order chi connectivity index (χ1) is 14.4. The largest absolute Gasteiger partial charge is 0.476 e. The summed E-state index contributed by atoms with van der Waals surface area (Å²) < 4.78 is 11.9. The predicted octanol–water partition coefficient (Wildman–Crippen LogP) is 2.16. The number of fused-ring (bicyclic) bond motifs is 1. The Labute approximate surface area is 179 Å². The first kappa shape index (κ1) is 20.4. The van der Waals surface area contributed by atoms with Crippen LogP contribution in [0.4, 0.5) is 0 Å². The Hall–Kier alpha value is -2.83. The lowest BCUT2D eigenvalue weighted by atomic mass is 10.1. The molecule has 6 nitrogen and oxygen atoms in total. The number of likely N-dealkylation sites (N-methyl/N-ethyl adjacent to an activating group) is 1. The van der Waals surface area contributed by atoms with Crippen LogP contribution in [0.2, 0.25) is 5.02 Å². The number of benzene rings is 2. The quantitative estimate of drug-likeness (QED) is 0.693. The van der Waals surface area contributed by atoms with Crippen molar-refractivity contribution in [1.29, 1.82) is 0 Å². The second-order valence-corrected chi connectivity index (χ2v) is 8.16. The zero-order valence-electron chi connectivity index (χ0n) is 17.0. The lowest BCUT2D eigenvalue weighted by Crippen LogP contribution is -3.12. The molecule has 30 heavy (non-hydrogen) atoms. The molecule has 4 rings (SSSR count). The van der Waals surface area contributed by atoms with Gasteiger partial charge >= 0.3 is 0 Å². The molecule has 1 fully saturated rings. The van der Waals surface area contributed by atoms with Crippen LogP contribution in [0.3, 0.4) is 0 Å². The van der Waals surface area contributed by atoms with Gasteiger partial charge in [-0.05, 0) is 48.9 Å². The topological polar surface area (TPSA) is 64.2 Å². The fourth-order valence-electron chi connectivity index (χ4n) is 3.57. The van der Waals surface area contributed by atoms with Crippen LogP contribution in [0.15, 0.2) is 51.7 Å². The van der Waals surface area contributed by atoms with Crippen molar-refractivity contribution >= 4 is 28.5 Å². The van der Waals surface area contributed by atoms with Gasteiger partial charge in [-0.25, -0.2) is 0 Å². The number of quaternary nitrogens is 1. The smallest absolute Gasteiger partial charge is 0.260 e. The van der Waals surface area contributed by atoms with Crippen molar-refractivity contribution in [3.05, 3.63) is 63.3 Å². The molecule has 7 heteroatoms. The highest BCUT2D eigenvalue weighted by Crippen LogP contribution is 2.32. The molecule has 0 spiro atoms. The van der Waals surface area contributed by atoms with Gasteiger partial charge in [0.05, 0.1) is 38.6 Å². The molecule has 156 valence electrons. The normalized spacial score (nSPS) is 14.8. The zero-order chi connectivity index (χ0) is 21.3. The van der Waals surface area contributed by atoms with Crippen LogP contribution < -0.4 is 15.1 Å². The molecule has 1 N–H and O–H groups in total. The van der Waals surface area contributed by atoms with E-state index >= 15 is 0 Å². The van der Waals surface area contributed by atoms with Crippen LogP contribution in [-0.2, 0) is 4.79 Å². The average Bonchev–Trinajstić information content (AvgIpc) is 2.73. The van der Waals surface area contributed by atoms with Crippen molar-refractivity contribution in [2.24, 2.45) is 0 Å². The number of halogens is 1. The maximum absolute atomic E-state index is 13.2. The first-order valence-electron chi connectivity index (χ1n) is 9.97. The number of hydrogen-bond donors (Lipinski definition) is 1. The summed E-state index contributed by atoms with van der Waals surface area (Å²) in [6, 6.07) is 12.4. The Morgan fingerprint density at radius 1 is 1.17 bits per heavy atom. The van der Waals surface area contributed by atoms with Gasteiger partial charge in [-0.15, -0.1) is 0 Å². The molecular weight excluding hydrogens is 404 g/mol. The minimum absolute atomic E-state index is 0.0433. The summed E-state index contributed by atoms with van der Waals surface area (Å²) in [7, 11) is 2.11. The molecule has 0 atom stereocenters. The van der Waals surface area contributed by atoms with Gasteiger partial charge in [0, 0.05) is 10.6 Å². The molecule has 0 aliphatic carbocycles. The molecule has 0 unspecified atom stereocenters. The number of rotatable bonds is 4. The van der Waals surface area contributed by atoms with E-state index in [0.29, 0.717) is 40.4 Å². The number of piperazine rings is 1. The van der Waals surface area contributed by atoms with E-state index in [1.165, 1.54) is 4.90 Å². The minimum Gasteiger partial charge on any atom is -0.476 e. The highest BCUT2D eigenvalue weighted by molar-refractivity contribution is 6.30. The van der Waals surface area contributed by atoms with Gasteiger partial charge in [0.1, 0.15) is 5.58 Å². The molecule has 1 aromatic heterocycles. The van der Waals surface area contributed by atoms with Crippen LogP contribution in [0.1, 0.15) is 5.56 Å². The molecule has 1 aliphatic rings. The third-order valence-corrected chi connectivity index (χ3v) is 5.67. The summed E-state index contributed by atoms with van der Waals surface area (Å²) in [4.78, 5) is 29.0. The summed E-state index contributed by atoms with van der Waals surface area (Å²) in [6.07, 6.45) is 0. The molecule has 2 aromatic carbocycles. The molecule has 1 amide bonds. The van der Waals surface area contributed by atoms with Gasteiger partial charge in [-0.3, -0.25) is 9.59 Å². The van der Waals surface area contributed by atoms with Gasteiger partial charge in [0.15, 0.2) is 12.4 Å². The maximum Gasteiger partial charge on any atom is 0.260 e. The fraction of sp³-hybridized carbons (Fsp3) is 0.304. The van der Waals surface area contributed by atoms with Crippen LogP contribution in [0, 0.1) is 6.92 Å². The van der Waals surface area contributed by atoms with E-state index < -0.39 is 0 Å². The number of nitrogens with zero attached hydrogens (tertiary/aromatic N) is 1. The standard InChI is InChI=1S/C23H23ClN2O4/c1-15-3-8-18-19(13-15)30-22(16-4-6-17(24)7-5-16)23(21(18)28)29-14-20(27)26-11-9-25(2)10-12-26/h3-8,13H,9-12,14H2,1-2H3/p+1. The molecular formula is C23H24ClN2O4+. The molecule has 0 radical (unpaired) electrons. The van der Waals surface area contributed by atoms with E-state index in [4.69, 9.17) is 20.8 Å². The summed E-state index contributed by atoms with van der Waals surface area (Å²) >= 11 is 6.01. The van der Waals surface area contributed by atoms with E-state index in [-0.39, 0.29) is 23.7 Å². The van der Waals surface area contributed by atoms with Crippen LogP contribution in [0.5, 0.6) is 5.75 Å². The van der Waals surface area contributed by atoms with Crippen molar-refractivity contribution in [2.75, 3.05) is 39.8 Å². The highest BCUT2D eigenvalue weighted by Gasteiger charge is 2.24. The van der Waals surface area contributed by atoms with Crippen molar-refractivity contribution in [3.8, 4) is 17.1 Å². The van der Waals surface area contributed by atoms with Crippen molar-refractivity contribution in [1.82, 2.24) is 4.90 Å². The van der Waals surface area contributed by atoms with Crippen molar-refractivity contribution in [2.45, 2.75) is 6.92 Å². The predicted molar refractivity (Wildman–Crippen MR) is 116 cm³/mol. The van der Waals surface area contributed by atoms with Crippen molar-refractivity contribution < 1.29 is 18.8 Å². The lowest BCUT2D eigenvalue weighted by Gasteiger charge is -2.30. The number of amides is 1. The van der Waals surface area contributed by atoms with E-state index in [1.54, 1.807) is 35.2 Å². The molecule has 3 aromatic rings. The van der Waals surface area contributed by atoms with E-state index in [1.807, 2.05) is 19.1 Å². The van der Waals surface area contributed by atoms with Gasteiger partial charge in [-0.2, -0.15) is 0 Å². The van der Waals surface area contributed by atoms with Crippen LogP contribution in [0.25, 0.3) is 22.3 Å². The van der Waals surface area contributed by atoms with E-state index in [0.717, 1.165) is 18.7 Å². The summed E-state index contributed by atoms with van der Waals surface area (Å²) in [5, 5.41) is 0.997. The average molecular weight is 428 g/mol. The van der Waals surface area contributed by atoms with Gasteiger partial charge in [0.2, 0.25) is 11.2 Å². The van der Waals surface area contributed by atoms with Gasteiger partial charge in [-0.1, -0.05) is 17.7 Å². The maximum atomic E-state index is 13.2. The number of ether oxygens (including phenoxy) is 1. The van der Waals surface area contributed by atoms with Gasteiger partial charge < -0.3 is 19.0 Å². The second-order valence-electron chi connectivity index (χ2n) is 7.72. The third-order valence-electron chi connectivity index (χ3n) is 5.42. The molecule has 2 heterocycles. The Balaban J connectivity index is 1.70. The molecule has 1 aliphatic heterocycles. The van der Waals surface area contributed by atoms with Crippen LogP contribution in [-0.4, -0.2) is 50.6 Å². The summed E-state index contributed by atoms with van der Waals surface area (Å²) in [5.74, 6) is 0.208. The first-order valence-corrected chi connectivity index (χ1v) is 10.4. The molecule has 0 bridgehead atoms. The number of carbonyl (C=O) groups is 1. The lowest BCUT2D eigenvalue weighted by molar-refractivity contribution is -0.883. The van der Waals surface area contributed by atoms with Crippen LogP contribution >= 0.6 is 11.6 Å². The zero-order valence-corrected chi connectivity index (χ0v) is 17.8. The third kappa shape index (κ3) is 4.20. The Kier molecular flexibility index (Phi) is 5.79. The molecule has 1 saturated heterocycles. The highest BCUT2D eigenvalue weighted by atomic mass is 35.5. The van der Waals surface area contributed by atoms with E-state index in [9.17, 15) is 9.59 Å². The number of nitrogens with one attached hydrogen (secondary N) is 1. The Morgan fingerprint density at radius 2 is 1.87 bits per heavy atom. The van der Waals surface area contributed by atoms with Crippen molar-refractivity contribution in [3.63, 3.8) is 0 Å². The number of hydrogen-bond acceptors (Lipinski definition) is 4. The SMILES string of the molecule is Cc1ccc2c(=O)c(OCC(=O)N3CC[NH+](C)CC3)c(-c3ccc(Cl)cc3)oc2c1. The summed E-state index contributed by atoms with van der Waals surface area (Å²) in [6.45, 7) is 4.90. The van der Waals surface area contributed by atoms with Gasteiger partial charge in [0.25, 0.3) is 5.91 Å². The second kappa shape index (κ2) is 8.50. The summed E-state index contributed by atoms with van der Waals surface area (Å²) in [5.41, 5.74) is 1.82. The van der Waals surface area contributed by atoms with E-state index in [2.05, 4.69) is 7.05 Å². The fourth-order valence-corrected chi connectivity index (χ4v) is 3.69. The monoisotopic (exact) mass is 427 g/mol. The minimum atomic E-state index is -0.295. The Morgan fingerprint density at radius 3 is 2.57 bits per heavy atom. The number of carbonyl (C=O) groups excluding carboxylic acids is 1. The Bertz CT molecular complexity index is 1130. The number of aryl methyl sites for hydroxylation is 1. The molecule has 0 saturated carbocycles.